The zero-order valence-electron chi connectivity index (χ0n) is 14.5. The zero-order chi connectivity index (χ0) is 17.2. The minimum absolute atomic E-state index is 0.0860. The molecule has 6 heteroatoms. The number of nitrogens with one attached hydrogen (secondary N) is 1. The Bertz CT molecular complexity index is 732. The van der Waals surface area contributed by atoms with Gasteiger partial charge in [-0.3, -0.25) is 9.36 Å². The smallest absolute Gasteiger partial charge is 0.230 e. The Hall–Kier alpha value is -1.82. The molecule has 1 aromatic carbocycles. The standard InChI is InChI=1S/C19H24N4OS/c1-13(17-10-14-7-8-15(17)9-14)21-18(24)11-25-19-22-20-12-23(19)16-5-3-2-4-6-16/h2-6,12-15,17H,7-11H2,1H3,(H,21,24)/t13-,14+,15+,17-/m1/s1. The molecule has 2 saturated carbocycles. The number of nitrogens with zero attached hydrogens (tertiary/aromatic N) is 3. The maximum atomic E-state index is 12.4. The Morgan fingerprint density at radius 2 is 2.16 bits per heavy atom. The van der Waals surface area contributed by atoms with Crippen molar-refractivity contribution in [3.05, 3.63) is 36.7 Å². The molecule has 4 atom stereocenters. The lowest BCUT2D eigenvalue weighted by atomic mass is 9.84. The molecule has 2 aromatic rings. The highest BCUT2D eigenvalue weighted by Crippen LogP contribution is 2.49. The Labute approximate surface area is 152 Å². The highest BCUT2D eigenvalue weighted by molar-refractivity contribution is 7.99. The zero-order valence-corrected chi connectivity index (χ0v) is 15.3. The van der Waals surface area contributed by atoms with E-state index in [-0.39, 0.29) is 11.9 Å². The van der Waals surface area contributed by atoms with Crippen molar-refractivity contribution >= 4 is 17.7 Å². The summed E-state index contributed by atoms with van der Waals surface area (Å²) in [6.45, 7) is 2.17. The molecule has 2 aliphatic rings. The van der Waals surface area contributed by atoms with Gasteiger partial charge in [0.15, 0.2) is 5.16 Å². The predicted molar refractivity (Wildman–Crippen MR) is 98.6 cm³/mol. The maximum absolute atomic E-state index is 12.4. The van der Waals surface area contributed by atoms with Crippen LogP contribution in [-0.4, -0.2) is 32.5 Å². The van der Waals surface area contributed by atoms with Gasteiger partial charge in [-0.1, -0.05) is 36.4 Å². The third-order valence-electron chi connectivity index (χ3n) is 5.71. The number of amides is 1. The topological polar surface area (TPSA) is 59.8 Å². The summed E-state index contributed by atoms with van der Waals surface area (Å²) in [4.78, 5) is 12.4. The number of hydrogen-bond donors (Lipinski definition) is 1. The summed E-state index contributed by atoms with van der Waals surface area (Å²) in [7, 11) is 0. The van der Waals surface area contributed by atoms with Crippen molar-refractivity contribution in [3.8, 4) is 5.69 Å². The lowest BCUT2D eigenvalue weighted by Crippen LogP contribution is -2.40. The fourth-order valence-corrected chi connectivity index (χ4v) is 5.27. The minimum Gasteiger partial charge on any atom is -0.353 e. The summed E-state index contributed by atoms with van der Waals surface area (Å²) in [5.41, 5.74) is 1.01. The van der Waals surface area contributed by atoms with Crippen molar-refractivity contribution < 1.29 is 4.79 Å². The van der Waals surface area contributed by atoms with Gasteiger partial charge in [0.1, 0.15) is 6.33 Å². The molecular weight excluding hydrogens is 332 g/mol. The third kappa shape index (κ3) is 3.59. The van der Waals surface area contributed by atoms with E-state index in [1.165, 1.54) is 37.4 Å². The fourth-order valence-electron chi connectivity index (χ4n) is 4.53. The number of hydrogen-bond acceptors (Lipinski definition) is 4. The Morgan fingerprint density at radius 3 is 2.88 bits per heavy atom. The highest BCUT2D eigenvalue weighted by atomic mass is 32.2. The van der Waals surface area contributed by atoms with E-state index in [9.17, 15) is 4.79 Å². The molecule has 1 aromatic heterocycles. The van der Waals surface area contributed by atoms with E-state index in [1.54, 1.807) is 6.33 Å². The molecule has 0 unspecified atom stereocenters. The molecule has 0 saturated heterocycles. The van der Waals surface area contributed by atoms with Crippen molar-refractivity contribution in [2.24, 2.45) is 17.8 Å². The number of para-hydroxylation sites is 1. The number of carbonyl (C=O) groups excluding carboxylic acids is 1. The third-order valence-corrected chi connectivity index (χ3v) is 6.65. The number of fused-ring (bicyclic) bond motifs is 2. The van der Waals surface area contributed by atoms with Crippen LogP contribution in [0.1, 0.15) is 32.6 Å². The van der Waals surface area contributed by atoms with Crippen LogP contribution < -0.4 is 5.32 Å². The van der Waals surface area contributed by atoms with Gasteiger partial charge in [0.2, 0.25) is 5.91 Å². The van der Waals surface area contributed by atoms with Gasteiger partial charge in [0.25, 0.3) is 0 Å². The fraction of sp³-hybridized carbons (Fsp3) is 0.526. The van der Waals surface area contributed by atoms with Gasteiger partial charge in [-0.25, -0.2) is 0 Å². The van der Waals surface area contributed by atoms with Gasteiger partial charge < -0.3 is 5.32 Å². The molecule has 2 fully saturated rings. The van der Waals surface area contributed by atoms with E-state index in [2.05, 4.69) is 22.4 Å². The molecule has 132 valence electrons. The molecule has 4 rings (SSSR count). The van der Waals surface area contributed by atoms with Crippen LogP contribution in [0.15, 0.2) is 41.8 Å². The summed E-state index contributed by atoms with van der Waals surface area (Å²) < 4.78 is 1.91. The first-order valence-corrected chi connectivity index (χ1v) is 10.1. The molecule has 0 aliphatic heterocycles. The van der Waals surface area contributed by atoms with Gasteiger partial charge in [-0.2, -0.15) is 0 Å². The van der Waals surface area contributed by atoms with E-state index in [4.69, 9.17) is 0 Å². The molecule has 1 amide bonds. The quantitative estimate of drug-likeness (QED) is 0.807. The largest absolute Gasteiger partial charge is 0.353 e. The van der Waals surface area contributed by atoms with Crippen molar-refractivity contribution in [3.63, 3.8) is 0 Å². The van der Waals surface area contributed by atoms with Gasteiger partial charge in [-0.05, 0) is 56.1 Å². The Balaban J connectivity index is 1.32. The number of aromatic nitrogens is 3. The molecule has 1 N–H and O–H groups in total. The predicted octanol–water partition coefficient (Wildman–Crippen LogP) is 3.30. The van der Waals surface area contributed by atoms with Gasteiger partial charge in [0.05, 0.1) is 5.75 Å². The highest BCUT2D eigenvalue weighted by Gasteiger charge is 2.42. The first kappa shape index (κ1) is 16.6. The van der Waals surface area contributed by atoms with E-state index in [1.807, 2.05) is 34.9 Å². The van der Waals surface area contributed by atoms with Gasteiger partial charge in [0, 0.05) is 11.7 Å². The van der Waals surface area contributed by atoms with Gasteiger partial charge >= 0.3 is 0 Å². The average Bonchev–Trinajstić information content (AvgIpc) is 3.37. The molecular formula is C19H24N4OS. The number of thioether (sulfide) groups is 1. The van der Waals surface area contributed by atoms with E-state index >= 15 is 0 Å². The summed E-state index contributed by atoms with van der Waals surface area (Å²) in [5.74, 6) is 2.86. The van der Waals surface area contributed by atoms with Gasteiger partial charge in [-0.15, -0.1) is 10.2 Å². The second-order valence-electron chi connectivity index (χ2n) is 7.30. The molecule has 0 radical (unpaired) electrons. The van der Waals surface area contributed by atoms with Crippen molar-refractivity contribution in [1.82, 2.24) is 20.1 Å². The molecule has 0 spiro atoms. The molecule has 2 aliphatic carbocycles. The summed E-state index contributed by atoms with van der Waals surface area (Å²) in [6.07, 6.45) is 7.10. The monoisotopic (exact) mass is 356 g/mol. The second-order valence-corrected chi connectivity index (χ2v) is 8.25. The SMILES string of the molecule is C[C@@H](NC(=O)CSc1nncn1-c1ccccc1)[C@H]1C[C@H]2CC[C@H]1C2. The van der Waals surface area contributed by atoms with Crippen molar-refractivity contribution in [2.75, 3.05) is 5.75 Å². The van der Waals surface area contributed by atoms with E-state index < -0.39 is 0 Å². The lowest BCUT2D eigenvalue weighted by molar-refractivity contribution is -0.119. The van der Waals surface area contributed by atoms with Crippen LogP contribution in [0.3, 0.4) is 0 Å². The number of benzene rings is 1. The lowest BCUT2D eigenvalue weighted by Gasteiger charge is -2.28. The molecule has 2 bridgehead atoms. The van der Waals surface area contributed by atoms with Crippen LogP contribution in [0.25, 0.3) is 5.69 Å². The molecule has 5 nitrogen and oxygen atoms in total. The molecule has 25 heavy (non-hydrogen) atoms. The van der Waals surface area contributed by atoms with Crippen molar-refractivity contribution in [1.29, 1.82) is 0 Å². The second kappa shape index (κ2) is 7.20. The normalized spacial score (nSPS) is 25.9. The van der Waals surface area contributed by atoms with E-state index in [0.29, 0.717) is 11.7 Å². The van der Waals surface area contributed by atoms with Crippen LogP contribution in [0, 0.1) is 17.8 Å². The summed E-state index contributed by atoms with van der Waals surface area (Å²) in [5, 5.41) is 12.1. The number of rotatable bonds is 6. The maximum Gasteiger partial charge on any atom is 0.230 e. The Kier molecular flexibility index (Phi) is 4.79. The minimum atomic E-state index is 0.0860. The summed E-state index contributed by atoms with van der Waals surface area (Å²) in [6, 6.07) is 10.2. The first-order chi connectivity index (χ1) is 12.2. The van der Waals surface area contributed by atoms with Crippen LogP contribution in [0.2, 0.25) is 0 Å². The Morgan fingerprint density at radius 1 is 1.32 bits per heavy atom. The number of carbonyl (C=O) groups is 1. The van der Waals surface area contributed by atoms with E-state index in [0.717, 1.165) is 22.7 Å². The average molecular weight is 356 g/mol. The van der Waals surface area contributed by atoms with Crippen LogP contribution in [0.5, 0.6) is 0 Å². The first-order valence-electron chi connectivity index (χ1n) is 9.08. The van der Waals surface area contributed by atoms with Crippen molar-refractivity contribution in [2.45, 2.75) is 43.8 Å². The van der Waals surface area contributed by atoms with Crippen LogP contribution in [0.4, 0.5) is 0 Å². The molecule has 1 heterocycles. The van der Waals surface area contributed by atoms with Crippen LogP contribution in [-0.2, 0) is 4.79 Å². The van der Waals surface area contributed by atoms with Crippen LogP contribution >= 0.6 is 11.8 Å². The summed E-state index contributed by atoms with van der Waals surface area (Å²) >= 11 is 1.43.